The van der Waals surface area contributed by atoms with E-state index in [1.165, 1.54) is 32.2 Å². The second-order valence-electron chi connectivity index (χ2n) is 4.75. The molecule has 2 unspecified atom stereocenters. The summed E-state index contributed by atoms with van der Waals surface area (Å²) in [5.74, 6) is 0. The maximum absolute atomic E-state index is 5.90. The maximum Gasteiger partial charge on any atom is 0.0855 e. The zero-order chi connectivity index (χ0) is 11.8. The van der Waals surface area contributed by atoms with Crippen LogP contribution >= 0.6 is 0 Å². The van der Waals surface area contributed by atoms with Gasteiger partial charge >= 0.3 is 0 Å². The number of hydrogen-bond donors (Lipinski definition) is 1. The monoisotopic (exact) mass is 228 g/mol. The Morgan fingerprint density at radius 2 is 2.19 bits per heavy atom. The quantitative estimate of drug-likeness (QED) is 0.720. The summed E-state index contributed by atoms with van der Waals surface area (Å²) in [6.07, 6.45) is 5.42. The van der Waals surface area contributed by atoms with Gasteiger partial charge in [-0.2, -0.15) is 0 Å². The normalized spacial score (nSPS) is 24.6. The van der Waals surface area contributed by atoms with E-state index in [1.807, 2.05) is 0 Å². The van der Waals surface area contributed by atoms with Crippen molar-refractivity contribution in [3.05, 3.63) is 0 Å². The number of morpholine rings is 1. The number of ether oxygens (including phenoxy) is 1. The third kappa shape index (κ3) is 4.40. The van der Waals surface area contributed by atoms with Crippen molar-refractivity contribution in [2.75, 3.05) is 33.3 Å². The molecule has 1 rings (SSSR count). The van der Waals surface area contributed by atoms with Crippen LogP contribution in [0.25, 0.3) is 0 Å². The molecule has 2 atom stereocenters. The van der Waals surface area contributed by atoms with Gasteiger partial charge in [-0.25, -0.2) is 0 Å². The van der Waals surface area contributed by atoms with Gasteiger partial charge < -0.3 is 10.1 Å². The van der Waals surface area contributed by atoms with Crippen LogP contribution in [-0.4, -0.2) is 50.3 Å². The molecule has 1 saturated heterocycles. The van der Waals surface area contributed by atoms with E-state index in [4.69, 9.17) is 4.74 Å². The third-order valence-corrected chi connectivity index (χ3v) is 3.41. The van der Waals surface area contributed by atoms with Gasteiger partial charge in [-0.15, -0.1) is 0 Å². The van der Waals surface area contributed by atoms with Crippen LogP contribution in [0.5, 0.6) is 0 Å². The molecule has 0 saturated carbocycles. The van der Waals surface area contributed by atoms with E-state index >= 15 is 0 Å². The van der Waals surface area contributed by atoms with Crippen molar-refractivity contribution < 1.29 is 4.74 Å². The van der Waals surface area contributed by atoms with Gasteiger partial charge in [0, 0.05) is 19.1 Å². The molecule has 1 fully saturated rings. The van der Waals surface area contributed by atoms with E-state index < -0.39 is 0 Å². The largest absolute Gasteiger partial charge is 0.374 e. The topological polar surface area (TPSA) is 24.5 Å². The van der Waals surface area contributed by atoms with Gasteiger partial charge in [0.1, 0.15) is 0 Å². The summed E-state index contributed by atoms with van der Waals surface area (Å²) < 4.78 is 5.90. The molecule has 16 heavy (non-hydrogen) atoms. The molecule has 0 bridgehead atoms. The molecule has 1 aliphatic heterocycles. The molecule has 1 N–H and O–H groups in total. The smallest absolute Gasteiger partial charge is 0.0855 e. The van der Waals surface area contributed by atoms with Crippen LogP contribution in [0.3, 0.4) is 0 Å². The van der Waals surface area contributed by atoms with E-state index in [9.17, 15) is 0 Å². The van der Waals surface area contributed by atoms with Crippen molar-refractivity contribution in [1.29, 1.82) is 0 Å². The highest BCUT2D eigenvalue weighted by molar-refractivity contribution is 4.82. The van der Waals surface area contributed by atoms with Crippen LogP contribution in [0.2, 0.25) is 0 Å². The summed E-state index contributed by atoms with van der Waals surface area (Å²) in [6, 6.07) is 0.527. The number of unbranched alkanes of at least 4 members (excludes halogenated alkanes) is 1. The van der Waals surface area contributed by atoms with Crippen molar-refractivity contribution in [3.63, 3.8) is 0 Å². The maximum atomic E-state index is 5.90. The summed E-state index contributed by atoms with van der Waals surface area (Å²) in [5.41, 5.74) is 0. The lowest BCUT2D eigenvalue weighted by Crippen LogP contribution is -2.51. The van der Waals surface area contributed by atoms with Crippen LogP contribution in [0.15, 0.2) is 0 Å². The van der Waals surface area contributed by atoms with E-state index in [0.29, 0.717) is 12.1 Å². The number of nitrogens with zero attached hydrogens (tertiary/aromatic N) is 1. The molecule has 0 aromatic heterocycles. The van der Waals surface area contributed by atoms with Crippen LogP contribution in [0.1, 0.15) is 39.5 Å². The highest BCUT2D eigenvalue weighted by Crippen LogP contribution is 2.13. The Kier molecular flexibility index (Phi) is 7.01. The SMILES string of the molecule is CCCCC(NC)C1CN(CCC)CCO1. The Bertz CT molecular complexity index is 173. The minimum atomic E-state index is 0.386. The van der Waals surface area contributed by atoms with E-state index in [1.54, 1.807) is 0 Å². The Balaban J connectivity index is 2.37. The number of likely N-dealkylation sites (N-methyl/N-ethyl adjacent to an activating group) is 1. The van der Waals surface area contributed by atoms with Crippen LogP contribution in [0.4, 0.5) is 0 Å². The molecule has 0 aliphatic carbocycles. The van der Waals surface area contributed by atoms with Crippen LogP contribution in [-0.2, 0) is 4.74 Å². The van der Waals surface area contributed by atoms with Gasteiger partial charge in [0.25, 0.3) is 0 Å². The van der Waals surface area contributed by atoms with Gasteiger partial charge in [0.2, 0.25) is 0 Å². The molecular formula is C13H28N2O. The predicted octanol–water partition coefficient (Wildman–Crippen LogP) is 1.88. The summed E-state index contributed by atoms with van der Waals surface area (Å²) in [7, 11) is 2.06. The zero-order valence-electron chi connectivity index (χ0n) is 11.2. The highest BCUT2D eigenvalue weighted by atomic mass is 16.5. The fourth-order valence-corrected chi connectivity index (χ4v) is 2.43. The lowest BCUT2D eigenvalue weighted by atomic mass is 10.0. The second-order valence-corrected chi connectivity index (χ2v) is 4.75. The summed E-state index contributed by atoms with van der Waals surface area (Å²) in [4.78, 5) is 2.53. The first kappa shape index (κ1) is 13.9. The highest BCUT2D eigenvalue weighted by Gasteiger charge is 2.26. The fourth-order valence-electron chi connectivity index (χ4n) is 2.43. The van der Waals surface area contributed by atoms with Gasteiger partial charge in [-0.1, -0.05) is 26.7 Å². The molecule has 0 aromatic carbocycles. The Morgan fingerprint density at radius 3 is 2.81 bits per heavy atom. The Hall–Kier alpha value is -0.120. The molecule has 0 aromatic rings. The lowest BCUT2D eigenvalue weighted by Gasteiger charge is -2.37. The fraction of sp³-hybridized carbons (Fsp3) is 1.00. The molecule has 0 radical (unpaired) electrons. The molecule has 96 valence electrons. The third-order valence-electron chi connectivity index (χ3n) is 3.41. The zero-order valence-corrected chi connectivity index (χ0v) is 11.2. The van der Waals surface area contributed by atoms with Crippen molar-refractivity contribution >= 4 is 0 Å². The first-order valence-electron chi connectivity index (χ1n) is 6.83. The number of hydrogen-bond acceptors (Lipinski definition) is 3. The minimum Gasteiger partial charge on any atom is -0.374 e. The average molecular weight is 228 g/mol. The van der Waals surface area contributed by atoms with E-state index in [0.717, 1.165) is 19.7 Å². The second kappa shape index (κ2) is 8.04. The molecule has 3 heteroatoms. The van der Waals surface area contributed by atoms with Gasteiger partial charge in [0.05, 0.1) is 12.7 Å². The standard InChI is InChI=1S/C13H28N2O/c1-4-6-7-12(14-3)13-11-15(8-5-2)9-10-16-13/h12-14H,4-11H2,1-3H3. The molecule has 1 heterocycles. The van der Waals surface area contributed by atoms with E-state index in [2.05, 4.69) is 31.1 Å². The van der Waals surface area contributed by atoms with Crippen molar-refractivity contribution in [3.8, 4) is 0 Å². The first-order valence-corrected chi connectivity index (χ1v) is 6.83. The first-order chi connectivity index (χ1) is 7.81. The van der Waals surface area contributed by atoms with E-state index in [-0.39, 0.29) is 0 Å². The van der Waals surface area contributed by atoms with Crippen LogP contribution in [0, 0.1) is 0 Å². The summed E-state index contributed by atoms with van der Waals surface area (Å²) in [5, 5.41) is 3.42. The summed E-state index contributed by atoms with van der Waals surface area (Å²) >= 11 is 0. The molecular weight excluding hydrogens is 200 g/mol. The van der Waals surface area contributed by atoms with Crippen LogP contribution < -0.4 is 5.32 Å². The molecule has 3 nitrogen and oxygen atoms in total. The molecule has 1 aliphatic rings. The lowest BCUT2D eigenvalue weighted by molar-refractivity contribution is -0.0466. The van der Waals surface area contributed by atoms with Crippen molar-refractivity contribution in [2.24, 2.45) is 0 Å². The van der Waals surface area contributed by atoms with Gasteiger partial charge in [-0.3, -0.25) is 4.90 Å². The average Bonchev–Trinajstić information content (AvgIpc) is 2.31. The summed E-state index contributed by atoms with van der Waals surface area (Å²) in [6.45, 7) is 8.81. The van der Waals surface area contributed by atoms with Crippen molar-refractivity contribution in [1.82, 2.24) is 10.2 Å². The number of rotatable bonds is 7. The molecule has 0 spiro atoms. The van der Waals surface area contributed by atoms with Crippen molar-refractivity contribution in [2.45, 2.75) is 51.7 Å². The Labute approximate surface area is 101 Å². The van der Waals surface area contributed by atoms with Gasteiger partial charge in [-0.05, 0) is 26.4 Å². The Morgan fingerprint density at radius 1 is 1.38 bits per heavy atom. The number of nitrogens with one attached hydrogen (secondary N) is 1. The predicted molar refractivity (Wildman–Crippen MR) is 68.8 cm³/mol. The minimum absolute atomic E-state index is 0.386. The molecule has 0 amide bonds. The van der Waals surface area contributed by atoms with Gasteiger partial charge in [0.15, 0.2) is 0 Å².